The summed E-state index contributed by atoms with van der Waals surface area (Å²) in [7, 11) is 0. The average molecular weight is 401 g/mol. The highest BCUT2D eigenvalue weighted by atomic mass is 32.1. The third kappa shape index (κ3) is 3.63. The van der Waals surface area contributed by atoms with Crippen LogP contribution in [0, 0.1) is 0 Å². The first kappa shape index (κ1) is 18.2. The van der Waals surface area contributed by atoms with Gasteiger partial charge in [0.2, 0.25) is 5.91 Å². The van der Waals surface area contributed by atoms with Gasteiger partial charge in [-0.3, -0.25) is 4.79 Å². The number of halogens is 3. The maximum atomic E-state index is 12.9. The van der Waals surface area contributed by atoms with E-state index in [1.165, 1.54) is 23.5 Å². The Hall–Kier alpha value is -3.13. The molecule has 0 aliphatic rings. The van der Waals surface area contributed by atoms with Gasteiger partial charge in [0.25, 0.3) is 0 Å². The Morgan fingerprint density at radius 3 is 2.64 bits per heavy atom. The zero-order valence-corrected chi connectivity index (χ0v) is 15.2. The summed E-state index contributed by atoms with van der Waals surface area (Å²) in [6.07, 6.45) is -4.46. The molecule has 4 rings (SSSR count). The van der Waals surface area contributed by atoms with Crippen LogP contribution in [0.25, 0.3) is 21.7 Å². The number of anilines is 1. The summed E-state index contributed by atoms with van der Waals surface area (Å²) in [6.45, 7) is -0.0655. The number of nitrogens with zero attached hydrogens (tertiary/aromatic N) is 2. The lowest BCUT2D eigenvalue weighted by molar-refractivity contribution is -0.137. The smallest absolute Gasteiger partial charge is 0.325 e. The van der Waals surface area contributed by atoms with Crippen LogP contribution in [0.3, 0.4) is 0 Å². The van der Waals surface area contributed by atoms with Crippen molar-refractivity contribution in [2.45, 2.75) is 12.7 Å². The lowest BCUT2D eigenvalue weighted by Gasteiger charge is -2.11. The molecule has 0 aliphatic heterocycles. The zero-order valence-electron chi connectivity index (χ0n) is 14.4. The fraction of sp³-hybridized carbons (Fsp3) is 0.100. The van der Waals surface area contributed by atoms with Crippen molar-refractivity contribution in [3.05, 3.63) is 71.6 Å². The molecule has 0 saturated heterocycles. The van der Waals surface area contributed by atoms with Gasteiger partial charge in [-0.1, -0.05) is 24.3 Å². The molecule has 1 N–H and O–H groups in total. The zero-order chi connectivity index (χ0) is 19.7. The van der Waals surface area contributed by atoms with Gasteiger partial charge < -0.3 is 9.88 Å². The number of carbonyl (C=O) groups is 1. The van der Waals surface area contributed by atoms with E-state index in [2.05, 4.69) is 10.3 Å². The van der Waals surface area contributed by atoms with Crippen molar-refractivity contribution in [1.29, 1.82) is 0 Å². The minimum atomic E-state index is -4.46. The van der Waals surface area contributed by atoms with E-state index in [0.717, 1.165) is 28.0 Å². The first-order valence-corrected chi connectivity index (χ1v) is 9.26. The summed E-state index contributed by atoms with van der Waals surface area (Å²) in [4.78, 5) is 18.1. The van der Waals surface area contributed by atoms with E-state index in [4.69, 9.17) is 0 Å². The van der Waals surface area contributed by atoms with Crippen LogP contribution in [0.4, 0.5) is 18.9 Å². The third-order valence-electron chi connectivity index (χ3n) is 4.17. The number of nitrogens with one attached hydrogen (secondary N) is 1. The average Bonchev–Trinajstić information content (AvgIpc) is 3.29. The molecule has 8 heteroatoms. The van der Waals surface area contributed by atoms with Crippen molar-refractivity contribution < 1.29 is 18.0 Å². The maximum absolute atomic E-state index is 12.9. The molecule has 0 bridgehead atoms. The lowest BCUT2D eigenvalue weighted by Crippen LogP contribution is -2.19. The van der Waals surface area contributed by atoms with Crippen LogP contribution in [0.1, 0.15) is 5.56 Å². The van der Waals surface area contributed by atoms with E-state index in [1.807, 2.05) is 41.8 Å². The SMILES string of the molecule is O=C(Cn1c(-c2cccs2)nc2ccccc21)Nc1cccc(C(F)(F)F)c1. The molecule has 2 aromatic heterocycles. The molecule has 142 valence electrons. The number of amides is 1. The summed E-state index contributed by atoms with van der Waals surface area (Å²) >= 11 is 1.50. The van der Waals surface area contributed by atoms with Crippen LogP contribution in [-0.4, -0.2) is 15.5 Å². The van der Waals surface area contributed by atoms with Gasteiger partial charge in [0.15, 0.2) is 5.82 Å². The van der Waals surface area contributed by atoms with Gasteiger partial charge in [0, 0.05) is 5.69 Å². The fourth-order valence-electron chi connectivity index (χ4n) is 2.95. The van der Waals surface area contributed by atoms with E-state index < -0.39 is 17.6 Å². The van der Waals surface area contributed by atoms with E-state index >= 15 is 0 Å². The summed E-state index contributed by atoms with van der Waals surface area (Å²) in [5.41, 5.74) is 0.822. The Kier molecular flexibility index (Phi) is 4.64. The van der Waals surface area contributed by atoms with Crippen molar-refractivity contribution in [3.63, 3.8) is 0 Å². The fourth-order valence-corrected chi connectivity index (χ4v) is 3.67. The molecule has 0 atom stereocenters. The maximum Gasteiger partial charge on any atom is 0.416 e. The molecule has 0 aliphatic carbocycles. The van der Waals surface area contributed by atoms with Crippen molar-refractivity contribution in [3.8, 4) is 10.7 Å². The minimum absolute atomic E-state index is 0.0655. The molecule has 0 fully saturated rings. The molecule has 0 unspecified atom stereocenters. The second kappa shape index (κ2) is 7.12. The van der Waals surface area contributed by atoms with Crippen LogP contribution in [0.15, 0.2) is 66.0 Å². The molecule has 28 heavy (non-hydrogen) atoms. The highest BCUT2D eigenvalue weighted by Crippen LogP contribution is 2.31. The lowest BCUT2D eigenvalue weighted by atomic mass is 10.2. The van der Waals surface area contributed by atoms with E-state index in [9.17, 15) is 18.0 Å². The third-order valence-corrected chi connectivity index (χ3v) is 5.04. The Bertz CT molecular complexity index is 1130. The number of alkyl halides is 3. The molecule has 0 radical (unpaired) electrons. The second-order valence-corrected chi connectivity index (χ2v) is 7.06. The van der Waals surface area contributed by atoms with Crippen LogP contribution in [0.5, 0.6) is 0 Å². The molecule has 2 heterocycles. The number of rotatable bonds is 4. The molecular formula is C20H14F3N3OS. The van der Waals surface area contributed by atoms with Crippen LogP contribution < -0.4 is 5.32 Å². The van der Waals surface area contributed by atoms with Crippen LogP contribution >= 0.6 is 11.3 Å². The first-order chi connectivity index (χ1) is 13.4. The number of benzene rings is 2. The molecule has 2 aromatic carbocycles. The summed E-state index contributed by atoms with van der Waals surface area (Å²) in [5, 5.41) is 4.46. The van der Waals surface area contributed by atoms with Crippen molar-refractivity contribution in [2.75, 3.05) is 5.32 Å². The van der Waals surface area contributed by atoms with E-state index in [1.54, 1.807) is 4.57 Å². The predicted molar refractivity (Wildman–Crippen MR) is 103 cm³/mol. The highest BCUT2D eigenvalue weighted by molar-refractivity contribution is 7.13. The molecule has 0 spiro atoms. The van der Waals surface area contributed by atoms with E-state index in [0.29, 0.717) is 5.82 Å². The van der Waals surface area contributed by atoms with Gasteiger partial charge in [-0.05, 0) is 41.8 Å². The molecule has 4 aromatic rings. The summed E-state index contributed by atoms with van der Waals surface area (Å²) < 4.78 is 40.4. The molecule has 1 amide bonds. The van der Waals surface area contributed by atoms with Crippen LogP contribution in [0.2, 0.25) is 0 Å². The van der Waals surface area contributed by atoms with Gasteiger partial charge in [-0.15, -0.1) is 11.3 Å². The Morgan fingerprint density at radius 1 is 1.07 bits per heavy atom. The van der Waals surface area contributed by atoms with Gasteiger partial charge in [-0.25, -0.2) is 4.98 Å². The number of thiophene rings is 1. The Morgan fingerprint density at radius 2 is 1.89 bits per heavy atom. The number of hydrogen-bond acceptors (Lipinski definition) is 3. The standard InChI is InChI=1S/C20H14F3N3OS/c21-20(22,23)13-5-3-6-14(11-13)24-18(27)12-26-16-8-2-1-7-15(16)25-19(26)17-9-4-10-28-17/h1-11H,12H2,(H,24,27). The van der Waals surface area contributed by atoms with Gasteiger partial charge in [0.05, 0.1) is 21.5 Å². The minimum Gasteiger partial charge on any atom is -0.325 e. The number of hydrogen-bond donors (Lipinski definition) is 1. The number of fused-ring (bicyclic) bond motifs is 1. The van der Waals surface area contributed by atoms with E-state index in [-0.39, 0.29) is 12.2 Å². The normalized spacial score (nSPS) is 11.7. The van der Waals surface area contributed by atoms with Crippen LogP contribution in [-0.2, 0) is 17.5 Å². The topological polar surface area (TPSA) is 46.9 Å². The Balaban J connectivity index is 1.63. The summed E-state index contributed by atoms with van der Waals surface area (Å²) in [6, 6.07) is 15.8. The predicted octanol–water partition coefficient (Wildman–Crippen LogP) is 5.42. The highest BCUT2D eigenvalue weighted by Gasteiger charge is 2.30. The monoisotopic (exact) mass is 401 g/mol. The Labute approximate surface area is 162 Å². The quantitative estimate of drug-likeness (QED) is 0.496. The van der Waals surface area contributed by atoms with Gasteiger partial charge in [-0.2, -0.15) is 13.2 Å². The number of para-hydroxylation sites is 2. The largest absolute Gasteiger partial charge is 0.416 e. The number of imidazole rings is 1. The summed E-state index contributed by atoms with van der Waals surface area (Å²) in [5.74, 6) is 0.218. The van der Waals surface area contributed by atoms with Crippen molar-refractivity contribution in [2.24, 2.45) is 0 Å². The van der Waals surface area contributed by atoms with Gasteiger partial charge >= 0.3 is 6.18 Å². The molecular weight excluding hydrogens is 387 g/mol. The second-order valence-electron chi connectivity index (χ2n) is 6.11. The van der Waals surface area contributed by atoms with Crippen molar-refractivity contribution in [1.82, 2.24) is 9.55 Å². The van der Waals surface area contributed by atoms with Gasteiger partial charge in [0.1, 0.15) is 6.54 Å². The first-order valence-electron chi connectivity index (χ1n) is 8.38. The molecule has 0 saturated carbocycles. The number of aromatic nitrogens is 2. The number of carbonyl (C=O) groups excluding carboxylic acids is 1. The van der Waals surface area contributed by atoms with Crippen molar-refractivity contribution >= 4 is 34.0 Å². The molecule has 4 nitrogen and oxygen atoms in total.